The minimum Gasteiger partial charge on any atom is -0.183 e. The minimum absolute atomic E-state index is 0. The van der Waals surface area contributed by atoms with Gasteiger partial charge in [0, 0.05) is 0 Å². The van der Waals surface area contributed by atoms with Gasteiger partial charge in [-0.1, -0.05) is 0 Å². The second-order valence-electron chi connectivity index (χ2n) is 0.396. The molecule has 0 aliphatic carbocycles. The number of halogens is 1. The van der Waals surface area contributed by atoms with Gasteiger partial charge in [-0.15, -0.1) is 0 Å². The molecule has 0 rings (SSSR count). The SMILES string of the molecule is [GaH3].[O-][Cl+3]([O-])([O-])O. The Kier molecular flexibility index (Phi) is 4.72. The van der Waals surface area contributed by atoms with Crippen LogP contribution in [0.25, 0.3) is 0 Å². The maximum absolute atomic E-state index is 8.60. The molecule has 6 heavy (non-hydrogen) atoms. The summed E-state index contributed by atoms with van der Waals surface area (Å²) in [5.41, 5.74) is 0. The third-order valence-electron chi connectivity index (χ3n) is 0. The molecule has 0 aromatic carbocycles. The van der Waals surface area contributed by atoms with Crippen molar-refractivity contribution in [3.8, 4) is 0 Å². The molecule has 6 heteroatoms. The molecule has 0 fully saturated rings. The van der Waals surface area contributed by atoms with E-state index >= 15 is 0 Å². The summed E-state index contributed by atoms with van der Waals surface area (Å²) in [4.78, 5) is 0. The van der Waals surface area contributed by atoms with Crippen molar-refractivity contribution in [1.29, 1.82) is 0 Å². The molecular weight excluding hydrogens is 169 g/mol. The zero-order valence-corrected chi connectivity index (χ0v) is 2.81. The molecule has 0 aliphatic heterocycles. The molecule has 0 saturated heterocycles. The second-order valence-corrected chi connectivity index (χ2v) is 1.19. The van der Waals surface area contributed by atoms with E-state index in [0.29, 0.717) is 0 Å². The Bertz CT molecular complexity index is 23.0. The van der Waals surface area contributed by atoms with Crippen molar-refractivity contribution in [2.75, 3.05) is 0 Å². The fourth-order valence-corrected chi connectivity index (χ4v) is 0. The van der Waals surface area contributed by atoms with Crippen LogP contribution in [0, 0.1) is 10.2 Å². The maximum atomic E-state index is 8.60. The van der Waals surface area contributed by atoms with Gasteiger partial charge in [-0.25, -0.2) is 0 Å². The minimum atomic E-state index is -4.69. The molecule has 0 aliphatic rings. The predicted molar refractivity (Wildman–Crippen MR) is 12.2 cm³/mol. The van der Waals surface area contributed by atoms with Gasteiger partial charge >= 0.3 is 19.8 Å². The molecule has 0 heterocycles. The van der Waals surface area contributed by atoms with Gasteiger partial charge in [0.1, 0.15) is 0 Å². The molecule has 38 valence electrons. The molecule has 0 atom stereocenters. The molecule has 4 nitrogen and oxygen atoms in total. The monoisotopic (exact) mass is 172 g/mol. The van der Waals surface area contributed by atoms with Gasteiger partial charge in [0.05, 0.1) is 14.9 Å². The topological polar surface area (TPSA) is 89.4 Å². The third-order valence-corrected chi connectivity index (χ3v) is 0. The average Bonchev–Trinajstić information content (AvgIpc) is 0.722. The second kappa shape index (κ2) is 2.86. The summed E-state index contributed by atoms with van der Waals surface area (Å²) in [6.45, 7) is 0. The van der Waals surface area contributed by atoms with Crippen LogP contribution in [-0.2, 0) is 0 Å². The molecule has 0 aromatic rings. The van der Waals surface area contributed by atoms with Crippen LogP contribution in [0.5, 0.6) is 0 Å². The average molecular weight is 173 g/mol. The van der Waals surface area contributed by atoms with Gasteiger partial charge in [-0.05, 0) is 0 Å². The van der Waals surface area contributed by atoms with Gasteiger partial charge in [-0.3, -0.25) is 0 Å². The Morgan fingerprint density at radius 2 is 1.17 bits per heavy atom. The predicted octanol–water partition coefficient (Wildman–Crippen LogP) is -5.31. The van der Waals surface area contributed by atoms with Gasteiger partial charge in [0.25, 0.3) is 0 Å². The zero-order chi connectivity index (χ0) is 4.50. The van der Waals surface area contributed by atoms with Crippen molar-refractivity contribution in [2.45, 2.75) is 0 Å². The van der Waals surface area contributed by atoms with Crippen LogP contribution >= 0.6 is 0 Å². The van der Waals surface area contributed by atoms with Crippen LogP contribution < -0.4 is 14.0 Å². The van der Waals surface area contributed by atoms with E-state index in [0.717, 1.165) is 0 Å². The van der Waals surface area contributed by atoms with E-state index in [-0.39, 0.29) is 19.8 Å². The zero-order valence-electron chi connectivity index (χ0n) is 2.05. The number of hydrogen-bond acceptors (Lipinski definition) is 4. The summed E-state index contributed by atoms with van der Waals surface area (Å²) in [6.07, 6.45) is 0. The largest absolute Gasteiger partial charge is 0.183 e. The summed E-state index contributed by atoms with van der Waals surface area (Å²) in [6, 6.07) is 0. The Labute approximate surface area is 49.2 Å². The van der Waals surface area contributed by atoms with Gasteiger partial charge in [0.2, 0.25) is 0 Å². The van der Waals surface area contributed by atoms with Crippen molar-refractivity contribution in [3.05, 3.63) is 0 Å². The van der Waals surface area contributed by atoms with Crippen LogP contribution in [0.4, 0.5) is 0 Å². The molecule has 0 radical (unpaired) electrons. The summed E-state index contributed by atoms with van der Waals surface area (Å²) < 4.78 is 32.7. The smallest absolute Gasteiger partial charge is 0.0777 e. The van der Waals surface area contributed by atoms with Crippen LogP contribution in [0.1, 0.15) is 0 Å². The fourth-order valence-electron chi connectivity index (χ4n) is 0. The maximum Gasteiger partial charge on any atom is 0.0777 e. The van der Waals surface area contributed by atoms with Crippen molar-refractivity contribution in [2.24, 2.45) is 0 Å². The molecule has 0 aromatic heterocycles. The number of hydrogen-bond donors (Lipinski definition) is 1. The Morgan fingerprint density at radius 3 is 1.17 bits per heavy atom. The fraction of sp³-hybridized carbons (Fsp3) is 0. The standard InChI is InChI=1S/ClHO4.Ga.3H/c2-1(3,4)5;;;;/h(H,2,3,4,5);;;;. The van der Waals surface area contributed by atoms with Crippen LogP contribution in [-0.4, -0.2) is 24.4 Å². The summed E-state index contributed by atoms with van der Waals surface area (Å²) in [5, 5.41) is 0. The van der Waals surface area contributed by atoms with E-state index in [4.69, 9.17) is 18.6 Å². The first-order valence-electron chi connectivity index (χ1n) is 0.632. The van der Waals surface area contributed by atoms with E-state index in [2.05, 4.69) is 0 Å². The first-order chi connectivity index (χ1) is 2.00. The molecule has 1 N–H and O–H groups in total. The van der Waals surface area contributed by atoms with Crippen molar-refractivity contribution >= 4 is 19.8 Å². The van der Waals surface area contributed by atoms with E-state index in [9.17, 15) is 0 Å². The van der Waals surface area contributed by atoms with E-state index < -0.39 is 10.2 Å². The van der Waals surface area contributed by atoms with Crippen molar-refractivity contribution in [3.63, 3.8) is 0 Å². The van der Waals surface area contributed by atoms with Crippen LogP contribution in [0.3, 0.4) is 0 Å². The van der Waals surface area contributed by atoms with Crippen molar-refractivity contribution in [1.82, 2.24) is 0 Å². The van der Waals surface area contributed by atoms with Gasteiger partial charge in [0.15, 0.2) is 0 Å². The molecule has 0 saturated carbocycles. The van der Waals surface area contributed by atoms with E-state index in [1.807, 2.05) is 0 Å². The van der Waals surface area contributed by atoms with Crippen LogP contribution in [0.2, 0.25) is 0 Å². The third kappa shape index (κ3) is 115. The Hall–Kier alpha value is 0.766. The van der Waals surface area contributed by atoms with Gasteiger partial charge in [-0.2, -0.15) is 14.0 Å². The normalized spacial score (nSPS) is 10.0. The summed E-state index contributed by atoms with van der Waals surface area (Å²) in [5.74, 6) is 0. The van der Waals surface area contributed by atoms with E-state index in [1.165, 1.54) is 0 Å². The first-order valence-corrected chi connectivity index (χ1v) is 1.90. The molecular formula is H4ClGaO4. The van der Waals surface area contributed by atoms with Gasteiger partial charge < -0.3 is 0 Å². The number of rotatable bonds is 0. The quantitative estimate of drug-likeness (QED) is 0.370. The Balaban J connectivity index is 0. The summed E-state index contributed by atoms with van der Waals surface area (Å²) in [7, 11) is -4.69. The first kappa shape index (κ1) is 9.90. The molecule has 0 unspecified atom stereocenters. The molecule has 0 spiro atoms. The Morgan fingerprint density at radius 1 is 1.17 bits per heavy atom. The molecule has 0 amide bonds. The van der Waals surface area contributed by atoms with Crippen molar-refractivity contribution < 1.29 is 28.9 Å². The van der Waals surface area contributed by atoms with E-state index in [1.54, 1.807) is 0 Å². The summed E-state index contributed by atoms with van der Waals surface area (Å²) >= 11 is 0. The molecule has 0 bridgehead atoms. The van der Waals surface area contributed by atoms with Crippen LogP contribution in [0.15, 0.2) is 0 Å².